The molecule has 0 saturated carbocycles. The highest BCUT2D eigenvalue weighted by atomic mass is 16.3. The number of aliphatic hydroxyl groups excluding tert-OH is 1. The molecule has 1 heterocycles. The topological polar surface area (TPSA) is 32.3 Å². The molecular weight excluding hydrogens is 186 g/mol. The number of benzene rings is 1. The van der Waals surface area contributed by atoms with Gasteiger partial charge in [0, 0.05) is 24.8 Å². The molecule has 1 aliphatic rings. The maximum atomic E-state index is 9.00. The number of aliphatic hydroxyl groups is 1. The highest BCUT2D eigenvalue weighted by Gasteiger charge is 2.24. The van der Waals surface area contributed by atoms with Crippen molar-refractivity contribution in [3.63, 3.8) is 0 Å². The molecule has 0 spiro atoms. The maximum Gasteiger partial charge on any atom is 0.0437 e. The first-order chi connectivity index (χ1) is 7.24. The van der Waals surface area contributed by atoms with Crippen LogP contribution in [0.2, 0.25) is 0 Å². The third kappa shape index (κ3) is 1.86. The Morgan fingerprint density at radius 3 is 2.93 bits per heavy atom. The van der Waals surface area contributed by atoms with Crippen LogP contribution < -0.4 is 5.32 Å². The Kier molecular flexibility index (Phi) is 2.96. The summed E-state index contributed by atoms with van der Waals surface area (Å²) in [6, 6.07) is 6.50. The van der Waals surface area contributed by atoms with Crippen LogP contribution in [0.15, 0.2) is 18.2 Å². The molecule has 0 radical (unpaired) electrons. The molecule has 1 aromatic rings. The summed E-state index contributed by atoms with van der Waals surface area (Å²) < 4.78 is 0. The molecule has 2 N–H and O–H groups in total. The van der Waals surface area contributed by atoms with Crippen LogP contribution in [-0.4, -0.2) is 18.3 Å². The van der Waals surface area contributed by atoms with Gasteiger partial charge in [-0.05, 0) is 23.5 Å². The molecule has 15 heavy (non-hydrogen) atoms. The molecule has 1 aromatic carbocycles. The number of fused-ring (bicyclic) bond motifs is 1. The molecule has 2 nitrogen and oxygen atoms in total. The van der Waals surface area contributed by atoms with E-state index in [1.165, 1.54) is 16.8 Å². The zero-order valence-corrected chi connectivity index (χ0v) is 9.46. The summed E-state index contributed by atoms with van der Waals surface area (Å²) in [4.78, 5) is 0. The van der Waals surface area contributed by atoms with E-state index in [9.17, 15) is 0 Å². The van der Waals surface area contributed by atoms with Gasteiger partial charge in [-0.3, -0.25) is 0 Å². The quantitative estimate of drug-likeness (QED) is 0.795. The summed E-state index contributed by atoms with van der Waals surface area (Å²) in [5.41, 5.74) is 4.09. The van der Waals surface area contributed by atoms with E-state index in [1.54, 1.807) is 0 Å². The van der Waals surface area contributed by atoms with Gasteiger partial charge in [-0.1, -0.05) is 32.0 Å². The maximum absolute atomic E-state index is 9.00. The van der Waals surface area contributed by atoms with Crippen molar-refractivity contribution >= 4 is 5.69 Å². The van der Waals surface area contributed by atoms with Crippen molar-refractivity contribution in [2.45, 2.75) is 32.1 Å². The van der Waals surface area contributed by atoms with Crippen molar-refractivity contribution in [1.29, 1.82) is 0 Å². The summed E-state index contributed by atoms with van der Waals surface area (Å²) in [6.07, 6.45) is 0.863. The highest BCUT2D eigenvalue weighted by Crippen LogP contribution is 2.38. The molecule has 0 amide bonds. The largest absolute Gasteiger partial charge is 0.396 e. The molecule has 1 atom stereocenters. The van der Waals surface area contributed by atoms with Crippen LogP contribution in [0.3, 0.4) is 0 Å². The van der Waals surface area contributed by atoms with E-state index in [1.807, 2.05) is 0 Å². The Labute approximate surface area is 91.3 Å². The Morgan fingerprint density at radius 2 is 2.27 bits per heavy atom. The molecule has 0 saturated heterocycles. The molecule has 1 unspecified atom stereocenters. The van der Waals surface area contributed by atoms with Crippen molar-refractivity contribution in [2.75, 3.05) is 18.5 Å². The van der Waals surface area contributed by atoms with Gasteiger partial charge in [0.15, 0.2) is 0 Å². The van der Waals surface area contributed by atoms with Crippen molar-refractivity contribution in [3.05, 3.63) is 29.3 Å². The molecule has 0 aliphatic carbocycles. The van der Waals surface area contributed by atoms with Crippen LogP contribution in [0, 0.1) is 0 Å². The Morgan fingerprint density at radius 1 is 1.47 bits per heavy atom. The lowest BCUT2D eigenvalue weighted by Crippen LogP contribution is -2.03. The number of hydrogen-bond acceptors (Lipinski definition) is 2. The average molecular weight is 205 g/mol. The van der Waals surface area contributed by atoms with E-state index in [0.29, 0.717) is 11.8 Å². The van der Waals surface area contributed by atoms with E-state index in [0.717, 1.165) is 13.0 Å². The monoisotopic (exact) mass is 205 g/mol. The first kappa shape index (κ1) is 10.5. The summed E-state index contributed by atoms with van der Waals surface area (Å²) in [7, 11) is 0. The van der Waals surface area contributed by atoms with Crippen LogP contribution in [0.4, 0.5) is 5.69 Å². The second-order valence-electron chi connectivity index (χ2n) is 4.56. The van der Waals surface area contributed by atoms with Gasteiger partial charge in [0.25, 0.3) is 0 Å². The van der Waals surface area contributed by atoms with Gasteiger partial charge >= 0.3 is 0 Å². The third-order valence-corrected chi connectivity index (χ3v) is 3.19. The van der Waals surface area contributed by atoms with Crippen molar-refractivity contribution in [2.24, 2.45) is 0 Å². The van der Waals surface area contributed by atoms with Gasteiger partial charge in [-0.2, -0.15) is 0 Å². The van der Waals surface area contributed by atoms with E-state index >= 15 is 0 Å². The lowest BCUT2D eigenvalue weighted by Gasteiger charge is -2.12. The first-order valence-electron chi connectivity index (χ1n) is 5.71. The number of anilines is 1. The average Bonchev–Trinajstić information content (AvgIpc) is 2.62. The predicted octanol–water partition coefficient (Wildman–Crippen LogP) is 2.70. The van der Waals surface area contributed by atoms with E-state index in [-0.39, 0.29) is 6.61 Å². The minimum absolute atomic E-state index is 0.275. The minimum Gasteiger partial charge on any atom is -0.396 e. The summed E-state index contributed by atoms with van der Waals surface area (Å²) in [5, 5.41) is 12.5. The van der Waals surface area contributed by atoms with Gasteiger partial charge in [-0.25, -0.2) is 0 Å². The van der Waals surface area contributed by atoms with Gasteiger partial charge in [0.2, 0.25) is 0 Å². The van der Waals surface area contributed by atoms with Crippen LogP contribution in [0.5, 0.6) is 0 Å². The zero-order chi connectivity index (χ0) is 10.8. The fourth-order valence-corrected chi connectivity index (χ4v) is 2.36. The zero-order valence-electron chi connectivity index (χ0n) is 9.46. The molecule has 2 rings (SSSR count). The van der Waals surface area contributed by atoms with Crippen LogP contribution in [0.25, 0.3) is 0 Å². The predicted molar refractivity (Wildman–Crippen MR) is 63.5 cm³/mol. The Bertz CT molecular complexity index is 346. The molecular formula is C13H19NO. The third-order valence-electron chi connectivity index (χ3n) is 3.19. The molecule has 0 fully saturated rings. The van der Waals surface area contributed by atoms with Crippen LogP contribution in [-0.2, 0) is 0 Å². The summed E-state index contributed by atoms with van der Waals surface area (Å²) in [5.74, 6) is 1.05. The molecule has 82 valence electrons. The Hall–Kier alpha value is -1.02. The second-order valence-corrected chi connectivity index (χ2v) is 4.56. The SMILES string of the molecule is CC(C)c1cccc2c1NCC2CCO. The minimum atomic E-state index is 0.275. The second kappa shape index (κ2) is 4.23. The lowest BCUT2D eigenvalue weighted by atomic mass is 9.93. The number of hydrogen-bond donors (Lipinski definition) is 2. The molecule has 0 aromatic heterocycles. The van der Waals surface area contributed by atoms with Gasteiger partial charge in [-0.15, -0.1) is 0 Å². The fourth-order valence-electron chi connectivity index (χ4n) is 2.36. The number of para-hydroxylation sites is 1. The van der Waals surface area contributed by atoms with Gasteiger partial charge in [0.05, 0.1) is 0 Å². The molecule has 1 aliphatic heterocycles. The van der Waals surface area contributed by atoms with Crippen molar-refractivity contribution in [1.82, 2.24) is 0 Å². The van der Waals surface area contributed by atoms with Crippen LogP contribution >= 0.6 is 0 Å². The lowest BCUT2D eigenvalue weighted by molar-refractivity contribution is 0.278. The first-order valence-corrected chi connectivity index (χ1v) is 5.71. The summed E-state index contributed by atoms with van der Waals surface area (Å²) in [6.45, 7) is 5.69. The molecule has 0 bridgehead atoms. The van der Waals surface area contributed by atoms with E-state index < -0.39 is 0 Å². The smallest absolute Gasteiger partial charge is 0.0437 e. The van der Waals surface area contributed by atoms with Crippen LogP contribution in [0.1, 0.15) is 43.2 Å². The van der Waals surface area contributed by atoms with Crippen molar-refractivity contribution in [3.8, 4) is 0 Å². The standard InChI is InChI=1S/C13H19NO/c1-9(2)11-4-3-5-12-10(6-7-15)8-14-13(11)12/h3-5,9-10,14-15H,6-8H2,1-2H3. The fraction of sp³-hybridized carbons (Fsp3) is 0.538. The number of rotatable bonds is 3. The highest BCUT2D eigenvalue weighted by molar-refractivity contribution is 5.63. The molecule has 2 heteroatoms. The van der Waals surface area contributed by atoms with Gasteiger partial charge < -0.3 is 10.4 Å². The Balaban J connectivity index is 2.34. The van der Waals surface area contributed by atoms with Crippen molar-refractivity contribution < 1.29 is 5.11 Å². The number of nitrogens with one attached hydrogen (secondary N) is 1. The normalized spacial score (nSPS) is 19.1. The van der Waals surface area contributed by atoms with Gasteiger partial charge in [0.1, 0.15) is 0 Å². The summed E-state index contributed by atoms with van der Waals surface area (Å²) >= 11 is 0. The van der Waals surface area contributed by atoms with E-state index in [2.05, 4.69) is 37.4 Å². The van der Waals surface area contributed by atoms with E-state index in [4.69, 9.17) is 5.11 Å².